The minimum Gasteiger partial charge on any atom is -0.443 e. The van der Waals surface area contributed by atoms with E-state index in [-0.39, 0.29) is 25.5 Å². The van der Waals surface area contributed by atoms with Crippen LogP contribution >= 0.6 is 0 Å². The number of hydrogen-bond donors (Lipinski definition) is 1. The molecule has 1 unspecified atom stereocenters. The molecular formula is C46H47FN2O6. The Kier molecular flexibility index (Phi) is 13.1. The molecule has 1 fully saturated rings. The minimum atomic E-state index is -1.00. The van der Waals surface area contributed by atoms with Crippen LogP contribution in [0.1, 0.15) is 44.6 Å². The van der Waals surface area contributed by atoms with Crippen LogP contribution in [0.15, 0.2) is 140 Å². The molecule has 0 amide bonds. The van der Waals surface area contributed by atoms with E-state index in [0.29, 0.717) is 36.8 Å². The Morgan fingerprint density at radius 1 is 0.618 bits per heavy atom. The smallest absolute Gasteiger partial charge is 0.238 e. The lowest BCUT2D eigenvalue weighted by Crippen LogP contribution is -2.62. The van der Waals surface area contributed by atoms with Crippen molar-refractivity contribution in [3.05, 3.63) is 190 Å². The van der Waals surface area contributed by atoms with Gasteiger partial charge >= 0.3 is 0 Å². The highest BCUT2D eigenvalue weighted by molar-refractivity contribution is 5.37. The first-order chi connectivity index (χ1) is 27.0. The maximum atomic E-state index is 15.1. The van der Waals surface area contributed by atoms with Crippen molar-refractivity contribution in [2.24, 2.45) is 0 Å². The maximum Gasteiger partial charge on any atom is 0.238 e. The lowest BCUT2D eigenvalue weighted by atomic mass is 9.97. The Bertz CT molecular complexity index is 2050. The lowest BCUT2D eigenvalue weighted by molar-refractivity contribution is -0.310. The van der Waals surface area contributed by atoms with Gasteiger partial charge in [-0.05, 0) is 53.3 Å². The van der Waals surface area contributed by atoms with Crippen molar-refractivity contribution >= 4 is 0 Å². The molecule has 8 nitrogen and oxygen atoms in total. The van der Waals surface area contributed by atoms with E-state index in [1.54, 1.807) is 6.07 Å². The molecule has 0 bridgehead atoms. The first-order valence-corrected chi connectivity index (χ1v) is 18.7. The molecule has 5 aromatic carbocycles. The summed E-state index contributed by atoms with van der Waals surface area (Å²) in [5.74, 6) is 0.0122. The van der Waals surface area contributed by atoms with Crippen LogP contribution in [0.2, 0.25) is 0 Å². The highest BCUT2D eigenvalue weighted by Crippen LogP contribution is 2.34. The van der Waals surface area contributed by atoms with Gasteiger partial charge in [0.2, 0.25) is 12.2 Å². The third kappa shape index (κ3) is 10.3. The van der Waals surface area contributed by atoms with Crippen LogP contribution in [0.4, 0.5) is 4.39 Å². The quantitative estimate of drug-likeness (QED) is 0.100. The van der Waals surface area contributed by atoms with Crippen molar-refractivity contribution < 1.29 is 32.8 Å². The van der Waals surface area contributed by atoms with E-state index in [2.05, 4.69) is 10.2 Å². The van der Waals surface area contributed by atoms with Gasteiger partial charge in [-0.1, -0.05) is 133 Å². The average molecular weight is 743 g/mol. The van der Waals surface area contributed by atoms with Crippen molar-refractivity contribution in [1.82, 2.24) is 10.2 Å². The molecule has 6 aromatic rings. The Balaban J connectivity index is 1.23. The first-order valence-electron chi connectivity index (χ1n) is 18.7. The molecule has 0 saturated carbocycles. The molecule has 284 valence electrons. The second-order valence-corrected chi connectivity index (χ2v) is 13.8. The Hall–Kier alpha value is -5.16. The van der Waals surface area contributed by atoms with Crippen LogP contribution in [0, 0.1) is 19.7 Å². The van der Waals surface area contributed by atoms with Gasteiger partial charge in [0.05, 0.1) is 33.0 Å². The number of ether oxygens (including phenoxy) is 6. The Morgan fingerprint density at radius 2 is 1.13 bits per heavy atom. The summed E-state index contributed by atoms with van der Waals surface area (Å²) in [5.41, 5.74) is 6.88. The van der Waals surface area contributed by atoms with Crippen molar-refractivity contribution in [3.8, 4) is 5.88 Å². The van der Waals surface area contributed by atoms with Gasteiger partial charge in [0.25, 0.3) is 0 Å². The molecule has 9 heteroatoms. The monoisotopic (exact) mass is 742 g/mol. The summed E-state index contributed by atoms with van der Waals surface area (Å²) in [4.78, 5) is 0. The fourth-order valence-corrected chi connectivity index (χ4v) is 6.67. The van der Waals surface area contributed by atoms with Gasteiger partial charge in [-0.2, -0.15) is 0 Å². The zero-order chi connectivity index (χ0) is 37.8. The van der Waals surface area contributed by atoms with Crippen LogP contribution in [-0.4, -0.2) is 47.5 Å². The van der Waals surface area contributed by atoms with E-state index in [9.17, 15) is 0 Å². The molecule has 1 saturated heterocycles. The third-order valence-corrected chi connectivity index (χ3v) is 9.68. The first kappa shape index (κ1) is 38.1. The highest BCUT2D eigenvalue weighted by Gasteiger charge is 2.50. The SMILES string of the molecule is Cc1ccc(Cc2c(O[C@@H]3OC(COCc4ccccc4)[C@@H](OCc4ccccc4)[C@H](OCc4ccccc4)[C@H]3OCc3ccccc3)n[nH]c2C)c(F)c1. The number of aromatic nitrogens is 2. The average Bonchev–Trinajstić information content (AvgIpc) is 3.56. The lowest BCUT2D eigenvalue weighted by Gasteiger charge is -2.45. The molecule has 7 rings (SSSR count). The summed E-state index contributed by atoms with van der Waals surface area (Å²) in [6, 6.07) is 45.2. The molecular weight excluding hydrogens is 696 g/mol. The topological polar surface area (TPSA) is 84.1 Å². The summed E-state index contributed by atoms with van der Waals surface area (Å²) in [5, 5.41) is 7.58. The predicted molar refractivity (Wildman–Crippen MR) is 208 cm³/mol. The van der Waals surface area contributed by atoms with E-state index in [1.807, 2.05) is 141 Å². The molecule has 1 aliphatic rings. The van der Waals surface area contributed by atoms with Crippen molar-refractivity contribution in [2.75, 3.05) is 6.61 Å². The molecule has 2 heterocycles. The Morgan fingerprint density at radius 3 is 1.67 bits per heavy atom. The van der Waals surface area contributed by atoms with Crippen molar-refractivity contribution in [1.29, 1.82) is 0 Å². The van der Waals surface area contributed by atoms with Crippen LogP contribution in [0.5, 0.6) is 5.88 Å². The van der Waals surface area contributed by atoms with Gasteiger partial charge in [0, 0.05) is 17.7 Å². The molecule has 0 radical (unpaired) electrons. The van der Waals surface area contributed by atoms with E-state index >= 15 is 4.39 Å². The van der Waals surface area contributed by atoms with Gasteiger partial charge in [-0.3, -0.25) is 5.10 Å². The molecule has 1 aromatic heterocycles. The second kappa shape index (κ2) is 18.9. The number of rotatable bonds is 17. The van der Waals surface area contributed by atoms with E-state index in [1.165, 1.54) is 6.07 Å². The minimum absolute atomic E-state index is 0.186. The highest BCUT2D eigenvalue weighted by atomic mass is 19.1. The standard InChI is InChI=1S/C46H47FN2O6/c1-32-23-24-38(40(47)25-32)26-39-33(2)48-49-45(39)55-46-44(53-30-37-21-13-6-14-22-37)43(52-29-36-19-11-5-12-20-36)42(51-28-35-17-9-4-10-18-35)41(54-46)31-50-27-34-15-7-3-8-16-34/h3-25,41-44,46H,26-31H2,1-2H3,(H,48,49)/t41?,42-,43+,44-,46+/m1/s1. The normalized spacial score (nSPS) is 19.7. The van der Waals surface area contributed by atoms with E-state index in [0.717, 1.165) is 33.5 Å². The summed E-state index contributed by atoms with van der Waals surface area (Å²) < 4.78 is 55.4. The molecule has 0 aliphatic carbocycles. The van der Waals surface area contributed by atoms with Gasteiger partial charge in [-0.25, -0.2) is 4.39 Å². The van der Waals surface area contributed by atoms with Gasteiger partial charge in [-0.15, -0.1) is 5.10 Å². The van der Waals surface area contributed by atoms with Crippen LogP contribution in [-0.2, 0) is 56.5 Å². The van der Waals surface area contributed by atoms with Crippen molar-refractivity contribution in [3.63, 3.8) is 0 Å². The fourth-order valence-electron chi connectivity index (χ4n) is 6.67. The van der Waals surface area contributed by atoms with E-state index in [4.69, 9.17) is 28.4 Å². The third-order valence-electron chi connectivity index (χ3n) is 9.68. The van der Waals surface area contributed by atoms with Crippen LogP contribution in [0.3, 0.4) is 0 Å². The number of H-pyrrole nitrogens is 1. The van der Waals surface area contributed by atoms with Gasteiger partial charge in [0.15, 0.2) is 0 Å². The van der Waals surface area contributed by atoms with E-state index < -0.39 is 30.7 Å². The summed E-state index contributed by atoms with van der Waals surface area (Å²) in [6.45, 7) is 5.21. The summed E-state index contributed by atoms with van der Waals surface area (Å²) >= 11 is 0. The number of benzene rings is 5. The predicted octanol–water partition coefficient (Wildman–Crippen LogP) is 8.83. The van der Waals surface area contributed by atoms with Crippen molar-refractivity contribution in [2.45, 2.75) is 77.4 Å². The van der Waals surface area contributed by atoms with Crippen LogP contribution < -0.4 is 4.74 Å². The number of halogens is 1. The zero-order valence-corrected chi connectivity index (χ0v) is 31.2. The number of hydrogen-bond acceptors (Lipinski definition) is 7. The molecule has 1 N–H and O–H groups in total. The number of aryl methyl sites for hydroxylation is 2. The maximum absolute atomic E-state index is 15.1. The largest absolute Gasteiger partial charge is 0.443 e. The Labute approximate surface area is 322 Å². The summed E-state index contributed by atoms with van der Waals surface area (Å²) in [6.07, 6.45) is -3.44. The van der Waals surface area contributed by atoms with Gasteiger partial charge in [0.1, 0.15) is 30.2 Å². The number of aromatic amines is 1. The molecule has 5 atom stereocenters. The van der Waals surface area contributed by atoms with Crippen LogP contribution in [0.25, 0.3) is 0 Å². The second-order valence-electron chi connectivity index (χ2n) is 13.8. The molecule has 55 heavy (non-hydrogen) atoms. The molecule has 0 spiro atoms. The number of nitrogens with one attached hydrogen (secondary N) is 1. The number of nitrogens with zero attached hydrogens (tertiary/aromatic N) is 1. The van der Waals surface area contributed by atoms with Gasteiger partial charge < -0.3 is 28.4 Å². The molecule has 1 aliphatic heterocycles. The summed E-state index contributed by atoms with van der Waals surface area (Å²) in [7, 11) is 0. The zero-order valence-electron chi connectivity index (χ0n) is 31.2. The fraction of sp³-hybridized carbons (Fsp3) is 0.283.